The van der Waals surface area contributed by atoms with Crippen molar-refractivity contribution in [3.05, 3.63) is 46.2 Å². The standard InChI is InChI=1S/C13H9NO3/c1-17-12(16)6-5-9-3-2-4-10-11(15)7-8-14-13(9)10/h2-4,7-8H,1H3,(H,14,15). The van der Waals surface area contributed by atoms with Crippen LogP contribution in [0.4, 0.5) is 0 Å². The molecule has 0 bridgehead atoms. The van der Waals surface area contributed by atoms with E-state index in [0.717, 1.165) is 0 Å². The van der Waals surface area contributed by atoms with Gasteiger partial charge >= 0.3 is 5.97 Å². The van der Waals surface area contributed by atoms with Crippen molar-refractivity contribution in [3.63, 3.8) is 0 Å². The van der Waals surface area contributed by atoms with Crippen molar-refractivity contribution in [3.8, 4) is 11.8 Å². The molecular weight excluding hydrogens is 218 g/mol. The van der Waals surface area contributed by atoms with Gasteiger partial charge in [-0.15, -0.1) is 0 Å². The van der Waals surface area contributed by atoms with Crippen molar-refractivity contribution >= 4 is 16.9 Å². The summed E-state index contributed by atoms with van der Waals surface area (Å²) in [5.41, 5.74) is 1.13. The number of hydrogen-bond donors (Lipinski definition) is 1. The number of carbonyl (C=O) groups is 1. The predicted molar refractivity (Wildman–Crippen MR) is 63.5 cm³/mol. The predicted octanol–water partition coefficient (Wildman–Crippen LogP) is 1.05. The van der Waals surface area contributed by atoms with Crippen LogP contribution in [0.2, 0.25) is 0 Å². The molecule has 0 amide bonds. The second-order valence-electron chi connectivity index (χ2n) is 3.31. The molecule has 0 aliphatic heterocycles. The number of carbonyl (C=O) groups excluding carboxylic acids is 1. The molecule has 0 saturated carbocycles. The Morgan fingerprint density at radius 2 is 2.18 bits per heavy atom. The van der Waals surface area contributed by atoms with Gasteiger partial charge in [0.25, 0.3) is 0 Å². The van der Waals surface area contributed by atoms with Crippen LogP contribution in [0.25, 0.3) is 10.9 Å². The molecule has 0 unspecified atom stereocenters. The number of esters is 1. The first-order chi connectivity index (χ1) is 8.22. The SMILES string of the molecule is COC(=O)C#Cc1cccc2c(=O)cc[nH]c12. The fraction of sp³-hybridized carbons (Fsp3) is 0.0769. The largest absolute Gasteiger partial charge is 0.459 e. The Labute approximate surface area is 97.2 Å². The first-order valence-electron chi connectivity index (χ1n) is 4.93. The lowest BCUT2D eigenvalue weighted by Crippen LogP contribution is -2.01. The summed E-state index contributed by atoms with van der Waals surface area (Å²) in [6, 6.07) is 6.60. The summed E-state index contributed by atoms with van der Waals surface area (Å²) in [6.45, 7) is 0. The topological polar surface area (TPSA) is 59.2 Å². The Kier molecular flexibility index (Phi) is 2.93. The highest BCUT2D eigenvalue weighted by molar-refractivity contribution is 5.91. The van der Waals surface area contributed by atoms with Gasteiger partial charge in [0.1, 0.15) is 0 Å². The summed E-state index contributed by atoms with van der Waals surface area (Å²) in [6.07, 6.45) is 1.55. The first-order valence-corrected chi connectivity index (χ1v) is 4.93. The Balaban J connectivity index is 2.62. The van der Waals surface area contributed by atoms with Crippen LogP contribution in [0.5, 0.6) is 0 Å². The van der Waals surface area contributed by atoms with Crippen molar-refractivity contribution in [2.45, 2.75) is 0 Å². The van der Waals surface area contributed by atoms with Gasteiger partial charge in [0.2, 0.25) is 0 Å². The number of rotatable bonds is 0. The van der Waals surface area contributed by atoms with Gasteiger partial charge in [-0.2, -0.15) is 0 Å². The van der Waals surface area contributed by atoms with E-state index in [4.69, 9.17) is 0 Å². The lowest BCUT2D eigenvalue weighted by Gasteiger charge is -1.98. The number of nitrogens with one attached hydrogen (secondary N) is 1. The molecule has 2 aromatic rings. The Hall–Kier alpha value is -2.54. The maximum atomic E-state index is 11.6. The fourth-order valence-electron chi connectivity index (χ4n) is 1.48. The highest BCUT2D eigenvalue weighted by Gasteiger charge is 2.01. The summed E-state index contributed by atoms with van der Waals surface area (Å²) in [4.78, 5) is 25.4. The van der Waals surface area contributed by atoms with Crippen LogP contribution in [0, 0.1) is 11.8 Å². The molecule has 0 atom stereocenters. The number of pyridine rings is 1. The van der Waals surface area contributed by atoms with Crippen LogP contribution >= 0.6 is 0 Å². The van der Waals surface area contributed by atoms with Crippen molar-refractivity contribution in [2.75, 3.05) is 7.11 Å². The van der Waals surface area contributed by atoms with Gasteiger partial charge in [0.15, 0.2) is 5.43 Å². The van der Waals surface area contributed by atoms with Gasteiger partial charge in [-0.05, 0) is 12.1 Å². The molecule has 84 valence electrons. The van der Waals surface area contributed by atoms with Crippen molar-refractivity contribution in [1.29, 1.82) is 0 Å². The van der Waals surface area contributed by atoms with Crippen molar-refractivity contribution in [2.24, 2.45) is 0 Å². The van der Waals surface area contributed by atoms with Crippen molar-refractivity contribution in [1.82, 2.24) is 4.98 Å². The number of para-hydroxylation sites is 1. The highest BCUT2D eigenvalue weighted by Crippen LogP contribution is 2.11. The second-order valence-corrected chi connectivity index (χ2v) is 3.31. The summed E-state index contributed by atoms with van der Waals surface area (Å²) < 4.78 is 4.42. The minimum atomic E-state index is -0.611. The first kappa shape index (κ1) is 11.0. The molecule has 17 heavy (non-hydrogen) atoms. The van der Waals surface area contributed by atoms with Gasteiger partial charge in [-0.25, -0.2) is 4.79 Å². The average Bonchev–Trinajstić information content (AvgIpc) is 2.36. The molecule has 4 nitrogen and oxygen atoms in total. The second kappa shape index (κ2) is 4.54. The van der Waals surface area contributed by atoms with Gasteiger partial charge in [-0.3, -0.25) is 4.79 Å². The molecule has 0 spiro atoms. The molecule has 1 aromatic heterocycles. The molecule has 0 radical (unpaired) electrons. The third-order valence-corrected chi connectivity index (χ3v) is 2.28. The zero-order valence-electron chi connectivity index (χ0n) is 9.11. The molecule has 1 N–H and O–H groups in total. The van der Waals surface area contributed by atoms with Gasteiger partial charge in [-0.1, -0.05) is 12.0 Å². The zero-order valence-corrected chi connectivity index (χ0v) is 9.11. The number of fused-ring (bicyclic) bond motifs is 1. The number of benzene rings is 1. The minimum absolute atomic E-state index is 0.0829. The Morgan fingerprint density at radius 3 is 2.94 bits per heavy atom. The molecule has 4 heteroatoms. The fourth-order valence-corrected chi connectivity index (χ4v) is 1.48. The number of aromatic amines is 1. The Morgan fingerprint density at radius 1 is 1.35 bits per heavy atom. The van der Waals surface area contributed by atoms with E-state index >= 15 is 0 Å². The van der Waals surface area contributed by atoms with Gasteiger partial charge in [0, 0.05) is 29.1 Å². The molecule has 2 rings (SSSR count). The third-order valence-electron chi connectivity index (χ3n) is 2.28. The number of hydrogen-bond acceptors (Lipinski definition) is 3. The van der Waals surface area contributed by atoms with Gasteiger partial charge in [0.05, 0.1) is 12.6 Å². The molecule has 1 aromatic carbocycles. The van der Waals surface area contributed by atoms with E-state index < -0.39 is 5.97 Å². The van der Waals surface area contributed by atoms with Crippen LogP contribution in [0.3, 0.4) is 0 Å². The smallest absolute Gasteiger partial charge is 0.384 e. The normalized spacial score (nSPS) is 9.47. The number of ether oxygens (including phenoxy) is 1. The van der Waals surface area contributed by atoms with E-state index in [9.17, 15) is 9.59 Å². The molecule has 0 aliphatic rings. The maximum absolute atomic E-state index is 11.6. The summed E-state index contributed by atoms with van der Waals surface area (Å²) in [5.74, 6) is 4.39. The molecule has 0 aliphatic carbocycles. The van der Waals surface area contributed by atoms with E-state index in [1.54, 1.807) is 24.4 Å². The summed E-state index contributed by atoms with van der Waals surface area (Å²) in [7, 11) is 1.27. The van der Waals surface area contributed by atoms with E-state index in [1.165, 1.54) is 13.2 Å². The highest BCUT2D eigenvalue weighted by atomic mass is 16.5. The average molecular weight is 227 g/mol. The molecule has 0 fully saturated rings. The van der Waals surface area contributed by atoms with Gasteiger partial charge < -0.3 is 9.72 Å². The van der Waals surface area contributed by atoms with Crippen LogP contribution in [-0.2, 0) is 9.53 Å². The quantitative estimate of drug-likeness (QED) is 0.540. The lowest BCUT2D eigenvalue weighted by atomic mass is 10.1. The van der Waals surface area contributed by atoms with E-state index in [0.29, 0.717) is 16.5 Å². The molecule has 0 saturated heterocycles. The van der Waals surface area contributed by atoms with Crippen LogP contribution in [-0.4, -0.2) is 18.1 Å². The third kappa shape index (κ3) is 2.18. The number of methoxy groups -OCH3 is 1. The summed E-state index contributed by atoms with van der Waals surface area (Å²) >= 11 is 0. The monoisotopic (exact) mass is 227 g/mol. The number of H-pyrrole nitrogens is 1. The lowest BCUT2D eigenvalue weighted by molar-refractivity contribution is -0.133. The molecular formula is C13H9NO3. The van der Waals surface area contributed by atoms with E-state index in [1.807, 2.05) is 0 Å². The van der Waals surface area contributed by atoms with Crippen molar-refractivity contribution < 1.29 is 9.53 Å². The van der Waals surface area contributed by atoms with E-state index in [2.05, 4.69) is 21.6 Å². The van der Waals surface area contributed by atoms with Crippen LogP contribution < -0.4 is 5.43 Å². The maximum Gasteiger partial charge on any atom is 0.384 e. The molecule has 1 heterocycles. The zero-order chi connectivity index (χ0) is 12.3. The Bertz CT molecular complexity index is 689. The summed E-state index contributed by atoms with van der Waals surface area (Å²) in [5, 5.41) is 0.546. The van der Waals surface area contributed by atoms with E-state index in [-0.39, 0.29) is 5.43 Å². The minimum Gasteiger partial charge on any atom is -0.459 e. The van der Waals surface area contributed by atoms with Crippen LogP contribution in [0.1, 0.15) is 5.56 Å². The number of aromatic nitrogens is 1. The van der Waals surface area contributed by atoms with Crippen LogP contribution in [0.15, 0.2) is 35.3 Å².